The van der Waals surface area contributed by atoms with Crippen LogP contribution >= 0.6 is 11.6 Å². The van der Waals surface area contributed by atoms with E-state index in [9.17, 15) is 24.0 Å². The van der Waals surface area contributed by atoms with Gasteiger partial charge in [0.05, 0.1) is 6.54 Å². The third-order valence-corrected chi connectivity index (χ3v) is 3.86. The number of rotatable bonds is 4. The maximum Gasteiger partial charge on any atom is 0.328 e. The molecule has 0 bridgehead atoms. The molecule has 11 heteroatoms. The monoisotopic (exact) mass is 416 g/mol. The van der Waals surface area contributed by atoms with Gasteiger partial charge in [-0.3, -0.25) is 29.8 Å². The fourth-order valence-electron chi connectivity index (χ4n) is 2.32. The van der Waals surface area contributed by atoms with Crippen LogP contribution in [0.15, 0.2) is 46.4 Å². The van der Waals surface area contributed by atoms with Gasteiger partial charge in [0, 0.05) is 10.7 Å². The lowest BCUT2D eigenvalue weighted by molar-refractivity contribution is -0.136. The second-order valence-corrected chi connectivity index (χ2v) is 6.18. The lowest BCUT2D eigenvalue weighted by Gasteiger charge is -2.13. The molecule has 148 valence electrons. The number of benzene rings is 1. The van der Waals surface area contributed by atoms with Crippen LogP contribution in [0.1, 0.15) is 11.5 Å². The van der Waals surface area contributed by atoms with Crippen LogP contribution in [0.3, 0.4) is 0 Å². The zero-order valence-corrected chi connectivity index (χ0v) is 15.3. The molecule has 2 aromatic rings. The lowest BCUT2D eigenvalue weighted by Crippen LogP contribution is -2.51. The molecule has 1 aromatic carbocycles. The summed E-state index contributed by atoms with van der Waals surface area (Å²) in [7, 11) is 0. The normalized spacial score (nSPS) is 13.4. The second kappa shape index (κ2) is 8.40. The van der Waals surface area contributed by atoms with E-state index >= 15 is 0 Å². The molecule has 0 atom stereocenters. The third-order valence-electron chi connectivity index (χ3n) is 3.62. The van der Waals surface area contributed by atoms with Crippen molar-refractivity contribution >= 4 is 53.0 Å². The van der Waals surface area contributed by atoms with E-state index in [2.05, 4.69) is 10.6 Å². The first-order chi connectivity index (χ1) is 13.8. The van der Waals surface area contributed by atoms with Gasteiger partial charge in [-0.25, -0.2) is 4.79 Å². The molecule has 1 saturated heterocycles. The molecular weight excluding hydrogens is 404 g/mol. The van der Waals surface area contributed by atoms with E-state index in [4.69, 9.17) is 16.0 Å². The van der Waals surface area contributed by atoms with Gasteiger partial charge in [0.1, 0.15) is 17.1 Å². The maximum atomic E-state index is 11.9. The van der Waals surface area contributed by atoms with Gasteiger partial charge >= 0.3 is 17.8 Å². The van der Waals surface area contributed by atoms with Crippen molar-refractivity contribution in [2.24, 2.45) is 0 Å². The number of urea groups is 1. The molecular formula is C18H13ClN4O6. The van der Waals surface area contributed by atoms with Crippen LogP contribution in [-0.2, 0) is 25.7 Å². The summed E-state index contributed by atoms with van der Waals surface area (Å²) in [5, 5.41) is 9.05. The Labute approximate surface area is 168 Å². The highest BCUT2D eigenvalue weighted by atomic mass is 35.5. The van der Waals surface area contributed by atoms with Crippen molar-refractivity contribution in [1.29, 1.82) is 0 Å². The Morgan fingerprint density at radius 1 is 1.03 bits per heavy atom. The van der Waals surface area contributed by atoms with Crippen LogP contribution in [0, 0.1) is 0 Å². The molecule has 2 heterocycles. The zero-order valence-electron chi connectivity index (χ0n) is 14.6. The van der Waals surface area contributed by atoms with E-state index in [1.165, 1.54) is 18.2 Å². The molecule has 0 unspecified atom stereocenters. The van der Waals surface area contributed by atoms with Gasteiger partial charge in [-0.05, 0) is 36.4 Å². The van der Waals surface area contributed by atoms with Crippen molar-refractivity contribution in [1.82, 2.24) is 16.0 Å². The highest BCUT2D eigenvalue weighted by Gasteiger charge is 2.28. The number of hydrogen-bond donors (Lipinski definition) is 4. The predicted molar refractivity (Wildman–Crippen MR) is 100 cm³/mol. The number of furan rings is 1. The molecule has 0 radical (unpaired) electrons. The van der Waals surface area contributed by atoms with Crippen molar-refractivity contribution in [3.8, 4) is 0 Å². The van der Waals surface area contributed by atoms with E-state index < -0.39 is 29.7 Å². The Balaban J connectivity index is 1.57. The molecule has 1 aliphatic rings. The first kappa shape index (κ1) is 19.8. The first-order valence-electron chi connectivity index (χ1n) is 8.13. The van der Waals surface area contributed by atoms with E-state index in [0.717, 1.165) is 6.08 Å². The van der Waals surface area contributed by atoms with E-state index in [1.54, 1.807) is 18.2 Å². The molecule has 3 rings (SSSR count). The van der Waals surface area contributed by atoms with Crippen LogP contribution in [0.2, 0.25) is 5.02 Å². The minimum Gasteiger partial charge on any atom is -0.460 e. The molecule has 0 aliphatic carbocycles. The Kier molecular flexibility index (Phi) is 5.74. The highest BCUT2D eigenvalue weighted by Crippen LogP contribution is 2.15. The molecule has 10 nitrogen and oxygen atoms in total. The summed E-state index contributed by atoms with van der Waals surface area (Å²) in [6, 6.07) is 8.36. The number of imide groups is 2. The van der Waals surface area contributed by atoms with E-state index in [-0.39, 0.29) is 23.6 Å². The van der Waals surface area contributed by atoms with Crippen LogP contribution in [0.4, 0.5) is 10.5 Å². The number of carbonyl (C=O) groups is 5. The Bertz CT molecular complexity index is 1040. The van der Waals surface area contributed by atoms with E-state index in [1.807, 2.05) is 10.6 Å². The molecule has 0 saturated carbocycles. The number of amides is 6. The van der Waals surface area contributed by atoms with Gasteiger partial charge in [0.2, 0.25) is 0 Å². The molecule has 29 heavy (non-hydrogen) atoms. The Morgan fingerprint density at radius 3 is 2.45 bits per heavy atom. The summed E-state index contributed by atoms with van der Waals surface area (Å²) in [4.78, 5) is 58.2. The van der Waals surface area contributed by atoms with Crippen molar-refractivity contribution in [3.05, 3.63) is 58.5 Å². The number of barbiturate groups is 1. The first-order valence-corrected chi connectivity index (χ1v) is 8.51. The number of carbonyl (C=O) groups excluding carboxylic acids is 5. The topological polar surface area (TPSA) is 147 Å². The summed E-state index contributed by atoms with van der Waals surface area (Å²) in [6.45, 7) is -0.109. The maximum absolute atomic E-state index is 11.9. The number of hydrogen-bond acceptors (Lipinski definition) is 6. The average Bonchev–Trinajstić information content (AvgIpc) is 3.10. The summed E-state index contributed by atoms with van der Waals surface area (Å²) in [6.07, 6.45) is 1.15. The van der Waals surface area contributed by atoms with Crippen molar-refractivity contribution in [3.63, 3.8) is 0 Å². The largest absolute Gasteiger partial charge is 0.460 e. The van der Waals surface area contributed by atoms with Crippen LogP contribution < -0.4 is 21.3 Å². The average molecular weight is 417 g/mol. The lowest BCUT2D eigenvalue weighted by atomic mass is 10.1. The van der Waals surface area contributed by atoms with E-state index in [0.29, 0.717) is 10.7 Å². The van der Waals surface area contributed by atoms with Crippen LogP contribution in [0.25, 0.3) is 6.08 Å². The number of halogens is 1. The minimum absolute atomic E-state index is 0.109. The van der Waals surface area contributed by atoms with Gasteiger partial charge in [0.15, 0.2) is 0 Å². The minimum atomic E-state index is -0.906. The zero-order chi connectivity index (χ0) is 21.0. The molecule has 1 fully saturated rings. The second-order valence-electron chi connectivity index (χ2n) is 5.75. The van der Waals surface area contributed by atoms with Crippen molar-refractivity contribution < 1.29 is 28.4 Å². The Morgan fingerprint density at radius 2 is 1.76 bits per heavy atom. The third kappa shape index (κ3) is 5.08. The summed E-state index contributed by atoms with van der Waals surface area (Å²) >= 11 is 5.81. The SMILES string of the molecule is O=C1NC(=O)C(=Cc2ccc(CNC(=O)C(=O)Nc3cccc(Cl)c3)o2)C(=O)N1. The Hall–Kier alpha value is -3.92. The molecule has 0 spiro atoms. The predicted octanol–water partition coefficient (Wildman–Crippen LogP) is 0.937. The highest BCUT2D eigenvalue weighted by molar-refractivity contribution is 6.39. The summed E-state index contributed by atoms with van der Waals surface area (Å²) in [5.41, 5.74) is 0.0579. The quantitative estimate of drug-likeness (QED) is 0.331. The molecule has 1 aromatic heterocycles. The van der Waals surface area contributed by atoms with Crippen molar-refractivity contribution in [2.45, 2.75) is 6.54 Å². The fourth-order valence-corrected chi connectivity index (χ4v) is 2.51. The number of nitrogens with one attached hydrogen (secondary N) is 4. The van der Waals surface area contributed by atoms with Gasteiger partial charge in [-0.2, -0.15) is 0 Å². The van der Waals surface area contributed by atoms with Gasteiger partial charge in [-0.1, -0.05) is 17.7 Å². The summed E-state index contributed by atoms with van der Waals surface area (Å²) < 4.78 is 5.39. The smallest absolute Gasteiger partial charge is 0.328 e. The molecule has 4 N–H and O–H groups in total. The molecule has 1 aliphatic heterocycles. The van der Waals surface area contributed by atoms with Gasteiger partial charge < -0.3 is 15.1 Å². The van der Waals surface area contributed by atoms with Gasteiger partial charge in [0.25, 0.3) is 11.8 Å². The van der Waals surface area contributed by atoms with Crippen LogP contribution in [-0.4, -0.2) is 29.7 Å². The molecule has 6 amide bonds. The summed E-state index contributed by atoms with van der Waals surface area (Å²) in [5.74, 6) is -3.08. The number of anilines is 1. The fraction of sp³-hybridized carbons (Fsp3) is 0.0556. The van der Waals surface area contributed by atoms with Gasteiger partial charge in [-0.15, -0.1) is 0 Å². The van der Waals surface area contributed by atoms with Crippen molar-refractivity contribution in [2.75, 3.05) is 5.32 Å². The van der Waals surface area contributed by atoms with Crippen LogP contribution in [0.5, 0.6) is 0 Å². The standard InChI is InChI=1S/C18H13ClN4O6/c19-9-2-1-3-10(6-9)21-17(27)16(26)20-8-12-5-4-11(29-12)7-13-14(24)22-18(28)23-15(13)25/h1-7H,8H2,(H,20,26)(H,21,27)(H2,22,23,24,25,28).